The van der Waals surface area contributed by atoms with E-state index in [1.165, 1.54) is 16.8 Å². The number of thiazole rings is 1. The SMILES string of the molecule is Cc1cc(-c2ccccc2)[nH]c1CCOc1ccc(Cc2sc(=O)[nH]c2O)c2sccc12. The van der Waals surface area contributed by atoms with Crippen molar-refractivity contribution in [1.82, 2.24) is 9.97 Å². The van der Waals surface area contributed by atoms with Crippen molar-refractivity contribution in [1.29, 1.82) is 0 Å². The van der Waals surface area contributed by atoms with Crippen molar-refractivity contribution in [2.24, 2.45) is 0 Å². The Hall–Kier alpha value is -3.29. The average molecular weight is 463 g/mol. The van der Waals surface area contributed by atoms with Gasteiger partial charge in [-0.25, -0.2) is 0 Å². The Morgan fingerprint density at radius 2 is 1.91 bits per heavy atom. The van der Waals surface area contributed by atoms with Gasteiger partial charge >= 0.3 is 4.87 Å². The second-order valence-electron chi connectivity index (χ2n) is 7.66. The molecule has 0 atom stereocenters. The minimum atomic E-state index is -0.241. The number of aromatic nitrogens is 2. The van der Waals surface area contributed by atoms with E-state index in [4.69, 9.17) is 4.74 Å². The van der Waals surface area contributed by atoms with Gasteiger partial charge in [0.05, 0.1) is 11.5 Å². The summed E-state index contributed by atoms with van der Waals surface area (Å²) in [7, 11) is 0. The number of thiophene rings is 1. The molecule has 5 rings (SSSR count). The number of H-pyrrole nitrogens is 2. The highest BCUT2D eigenvalue weighted by Crippen LogP contribution is 2.35. The van der Waals surface area contributed by atoms with E-state index in [9.17, 15) is 9.90 Å². The first-order chi connectivity index (χ1) is 15.6. The lowest BCUT2D eigenvalue weighted by Crippen LogP contribution is -2.03. The molecule has 0 unspecified atom stereocenters. The third-order valence-electron chi connectivity index (χ3n) is 5.53. The Morgan fingerprint density at radius 3 is 2.69 bits per heavy atom. The van der Waals surface area contributed by atoms with Crippen LogP contribution in [-0.4, -0.2) is 21.7 Å². The van der Waals surface area contributed by atoms with Crippen LogP contribution < -0.4 is 9.61 Å². The standard InChI is InChI=1S/C25H22N2O3S2/c1-15-13-20(16-5-3-2-4-6-16)26-19(15)9-11-30-21-8-7-17(23-18(21)10-12-31-23)14-22-24(28)27-25(29)32-22/h2-8,10,12-13,26,28H,9,11,14H2,1H3,(H,27,29). The zero-order valence-corrected chi connectivity index (χ0v) is 19.1. The summed E-state index contributed by atoms with van der Waals surface area (Å²) in [5, 5.41) is 13.0. The first-order valence-electron chi connectivity index (χ1n) is 10.3. The van der Waals surface area contributed by atoms with Crippen molar-refractivity contribution in [3.05, 3.63) is 91.3 Å². The van der Waals surface area contributed by atoms with Crippen LogP contribution in [0.2, 0.25) is 0 Å². The summed E-state index contributed by atoms with van der Waals surface area (Å²) in [5.41, 5.74) is 5.78. The number of nitrogens with one attached hydrogen (secondary N) is 2. The molecule has 0 fully saturated rings. The molecule has 162 valence electrons. The smallest absolute Gasteiger partial charge is 0.307 e. The van der Waals surface area contributed by atoms with E-state index < -0.39 is 0 Å². The van der Waals surface area contributed by atoms with E-state index in [0.29, 0.717) is 17.9 Å². The number of aryl methyl sites for hydroxylation is 1. The zero-order chi connectivity index (χ0) is 22.1. The van der Waals surface area contributed by atoms with Crippen LogP contribution in [0.25, 0.3) is 21.3 Å². The van der Waals surface area contributed by atoms with Gasteiger partial charge in [-0.05, 0) is 47.2 Å². The van der Waals surface area contributed by atoms with Gasteiger partial charge in [0.25, 0.3) is 0 Å². The number of hydrogen-bond donors (Lipinski definition) is 3. The van der Waals surface area contributed by atoms with Crippen LogP contribution in [0.1, 0.15) is 21.7 Å². The average Bonchev–Trinajstić information content (AvgIpc) is 3.50. The number of benzene rings is 2. The van der Waals surface area contributed by atoms with Crippen LogP contribution in [-0.2, 0) is 12.8 Å². The maximum atomic E-state index is 11.5. The largest absolute Gasteiger partial charge is 0.494 e. The fourth-order valence-corrected chi connectivity index (χ4v) is 5.57. The lowest BCUT2D eigenvalue weighted by molar-refractivity contribution is 0.324. The normalized spacial score (nSPS) is 11.3. The van der Waals surface area contributed by atoms with Gasteiger partial charge in [-0.15, -0.1) is 11.3 Å². The lowest BCUT2D eigenvalue weighted by Gasteiger charge is -2.10. The number of aromatic amines is 2. The molecule has 3 N–H and O–H groups in total. The van der Waals surface area contributed by atoms with Gasteiger partial charge in [0.15, 0.2) is 0 Å². The Labute approximate surface area is 193 Å². The van der Waals surface area contributed by atoms with Gasteiger partial charge in [0.2, 0.25) is 5.88 Å². The van der Waals surface area contributed by atoms with Crippen LogP contribution in [0.4, 0.5) is 0 Å². The number of aromatic hydroxyl groups is 1. The first kappa shape index (κ1) is 20.6. The molecule has 0 radical (unpaired) electrons. The predicted octanol–water partition coefficient (Wildman–Crippen LogP) is 5.87. The van der Waals surface area contributed by atoms with Crippen LogP contribution >= 0.6 is 22.7 Å². The van der Waals surface area contributed by atoms with E-state index in [1.54, 1.807) is 11.3 Å². The molecule has 5 aromatic rings. The molecule has 0 amide bonds. The number of hydrogen-bond acceptors (Lipinski definition) is 5. The minimum absolute atomic E-state index is 0.0405. The monoisotopic (exact) mass is 462 g/mol. The van der Waals surface area contributed by atoms with Crippen LogP contribution in [0.15, 0.2) is 64.8 Å². The van der Waals surface area contributed by atoms with Crippen LogP contribution in [0.3, 0.4) is 0 Å². The van der Waals surface area contributed by atoms with Crippen molar-refractivity contribution in [2.45, 2.75) is 19.8 Å². The predicted molar refractivity (Wildman–Crippen MR) is 131 cm³/mol. The third-order valence-corrected chi connectivity index (χ3v) is 7.39. The summed E-state index contributed by atoms with van der Waals surface area (Å²) >= 11 is 2.69. The Balaban J connectivity index is 1.31. The summed E-state index contributed by atoms with van der Waals surface area (Å²) in [6.07, 6.45) is 1.30. The zero-order valence-electron chi connectivity index (χ0n) is 17.5. The van der Waals surface area contributed by atoms with Crippen molar-refractivity contribution in [3.63, 3.8) is 0 Å². The quantitative estimate of drug-likeness (QED) is 0.283. The second kappa shape index (κ2) is 8.68. The summed E-state index contributed by atoms with van der Waals surface area (Å²) in [6, 6.07) is 18.6. The number of rotatable bonds is 7. The van der Waals surface area contributed by atoms with Crippen molar-refractivity contribution in [3.8, 4) is 22.9 Å². The molecule has 2 aromatic carbocycles. The van der Waals surface area contributed by atoms with Gasteiger partial charge in [-0.3, -0.25) is 9.78 Å². The summed E-state index contributed by atoms with van der Waals surface area (Å²) in [6.45, 7) is 2.69. The van der Waals surface area contributed by atoms with Crippen LogP contribution in [0, 0.1) is 6.92 Å². The molecular weight excluding hydrogens is 440 g/mol. The van der Waals surface area contributed by atoms with Gasteiger partial charge in [-0.1, -0.05) is 47.7 Å². The molecule has 3 heterocycles. The van der Waals surface area contributed by atoms with Gasteiger partial charge in [0.1, 0.15) is 5.75 Å². The van der Waals surface area contributed by atoms with E-state index in [1.807, 2.05) is 35.7 Å². The van der Waals surface area contributed by atoms with E-state index in [2.05, 4.69) is 41.2 Å². The van der Waals surface area contributed by atoms with Gasteiger partial charge in [0, 0.05) is 34.3 Å². The number of ether oxygens (including phenoxy) is 1. The van der Waals surface area contributed by atoms with Crippen LogP contribution in [0.5, 0.6) is 11.6 Å². The molecule has 3 aromatic heterocycles. The Kier molecular flexibility index (Phi) is 5.59. The third kappa shape index (κ3) is 4.09. The van der Waals surface area contributed by atoms with Gasteiger partial charge < -0.3 is 14.8 Å². The maximum absolute atomic E-state index is 11.5. The molecule has 0 spiro atoms. The highest BCUT2D eigenvalue weighted by molar-refractivity contribution is 7.17. The van der Waals surface area contributed by atoms with Crippen molar-refractivity contribution in [2.75, 3.05) is 6.61 Å². The molecule has 0 aliphatic carbocycles. The maximum Gasteiger partial charge on any atom is 0.307 e. The summed E-state index contributed by atoms with van der Waals surface area (Å²) in [5.74, 6) is 0.810. The molecule has 0 bridgehead atoms. The molecule has 0 aliphatic heterocycles. The molecule has 0 saturated heterocycles. The topological polar surface area (TPSA) is 78.1 Å². The minimum Gasteiger partial charge on any atom is -0.494 e. The molecule has 5 nitrogen and oxygen atoms in total. The molecular formula is C25H22N2O3S2. The van der Waals surface area contributed by atoms with E-state index in [-0.39, 0.29) is 10.8 Å². The van der Waals surface area contributed by atoms with Crippen molar-refractivity contribution >= 4 is 32.8 Å². The molecule has 0 saturated carbocycles. The Morgan fingerprint density at radius 1 is 1.06 bits per heavy atom. The van der Waals surface area contributed by atoms with E-state index >= 15 is 0 Å². The highest BCUT2D eigenvalue weighted by Gasteiger charge is 2.14. The first-order valence-corrected chi connectivity index (χ1v) is 12.0. The van der Waals surface area contributed by atoms with Crippen molar-refractivity contribution < 1.29 is 9.84 Å². The fraction of sp³-hybridized carbons (Fsp3) is 0.160. The summed E-state index contributed by atoms with van der Waals surface area (Å²) in [4.78, 5) is 17.9. The lowest BCUT2D eigenvalue weighted by atomic mass is 10.1. The Bertz CT molecular complexity index is 1430. The second-order valence-corrected chi connectivity index (χ2v) is 9.64. The molecule has 0 aliphatic rings. The van der Waals surface area contributed by atoms with E-state index in [0.717, 1.165) is 44.9 Å². The highest BCUT2D eigenvalue weighted by atomic mass is 32.1. The van der Waals surface area contributed by atoms with Gasteiger partial charge in [-0.2, -0.15) is 0 Å². The molecule has 32 heavy (non-hydrogen) atoms. The fourth-order valence-electron chi connectivity index (χ4n) is 3.90. The number of fused-ring (bicyclic) bond motifs is 1. The summed E-state index contributed by atoms with van der Waals surface area (Å²) < 4.78 is 7.28. The molecule has 7 heteroatoms.